The van der Waals surface area contributed by atoms with Crippen LogP contribution in [0, 0.1) is 0 Å². The first-order valence-electron chi connectivity index (χ1n) is 7.64. The molecule has 0 unspecified atom stereocenters. The molecule has 0 aliphatic heterocycles. The number of anilines is 1. The largest absolute Gasteiger partial charge is 0.497 e. The van der Waals surface area contributed by atoms with Gasteiger partial charge in [0.2, 0.25) is 5.52 Å². The lowest BCUT2D eigenvalue weighted by molar-refractivity contribution is -0.858. The molecule has 0 saturated heterocycles. The van der Waals surface area contributed by atoms with Gasteiger partial charge in [0.05, 0.1) is 38.8 Å². The van der Waals surface area contributed by atoms with E-state index in [2.05, 4.69) is 49.5 Å². The summed E-state index contributed by atoms with van der Waals surface area (Å²) in [5.41, 5.74) is 2.28. The van der Waals surface area contributed by atoms with Crippen molar-refractivity contribution in [1.82, 2.24) is 0 Å². The molecule has 0 aliphatic rings. The van der Waals surface area contributed by atoms with E-state index in [1.165, 1.54) is 29.7 Å². The molecule has 2 rings (SSSR count). The van der Waals surface area contributed by atoms with E-state index < -0.39 is 0 Å². The Morgan fingerprint density at radius 1 is 1.29 bits per heavy atom. The summed E-state index contributed by atoms with van der Waals surface area (Å²) in [7, 11) is 6.10. The number of aromatic nitrogens is 1. The van der Waals surface area contributed by atoms with Crippen molar-refractivity contribution in [3.8, 4) is 5.75 Å². The Bertz CT molecular complexity index is 583. The summed E-state index contributed by atoms with van der Waals surface area (Å²) in [6.07, 6.45) is 4.39. The molecule has 0 amide bonds. The lowest BCUT2D eigenvalue weighted by Crippen LogP contribution is -3.05. The van der Waals surface area contributed by atoms with Gasteiger partial charge in [0.15, 0.2) is 6.20 Å². The Hall–Kier alpha value is -1.81. The zero-order valence-electron chi connectivity index (χ0n) is 13.5. The van der Waals surface area contributed by atoms with Gasteiger partial charge in [-0.25, -0.2) is 4.98 Å². The smallest absolute Gasteiger partial charge is 0.213 e. The fourth-order valence-electron chi connectivity index (χ4n) is 2.53. The highest BCUT2D eigenvalue weighted by Gasteiger charge is 2.10. The van der Waals surface area contributed by atoms with Crippen LogP contribution in [0.25, 0.3) is 10.9 Å². The standard InChI is InChI=1S/C17H25N3O/c1-13(6-5-11-20(2)3)19-17-9-10-18-16-8-7-14(21-4)12-15(16)17/h7-10,12-13H,5-6,11H2,1-4H3,(H,18,19)/p+2/t13-/m1/s1. The number of H-pyrrole nitrogens is 1. The minimum atomic E-state index is 0.459. The molecule has 3 N–H and O–H groups in total. The normalized spacial score (nSPS) is 12.6. The highest BCUT2D eigenvalue weighted by Crippen LogP contribution is 2.25. The van der Waals surface area contributed by atoms with E-state index in [1.807, 2.05) is 12.3 Å². The van der Waals surface area contributed by atoms with Crippen LogP contribution in [0.4, 0.5) is 5.69 Å². The molecule has 21 heavy (non-hydrogen) atoms. The second kappa shape index (κ2) is 7.27. The van der Waals surface area contributed by atoms with E-state index in [0.29, 0.717) is 6.04 Å². The van der Waals surface area contributed by atoms with Gasteiger partial charge in [-0.1, -0.05) is 0 Å². The fraction of sp³-hybridized carbons (Fsp3) is 0.471. The van der Waals surface area contributed by atoms with Crippen molar-refractivity contribution in [3.63, 3.8) is 0 Å². The number of pyridine rings is 1. The summed E-state index contributed by atoms with van der Waals surface area (Å²) in [6, 6.07) is 8.66. The number of fused-ring (bicyclic) bond motifs is 1. The van der Waals surface area contributed by atoms with Crippen LogP contribution >= 0.6 is 0 Å². The Morgan fingerprint density at radius 2 is 2.10 bits per heavy atom. The summed E-state index contributed by atoms with van der Waals surface area (Å²) >= 11 is 0. The van der Waals surface area contributed by atoms with Crippen molar-refractivity contribution in [3.05, 3.63) is 30.5 Å². The lowest BCUT2D eigenvalue weighted by Gasteiger charge is -2.16. The van der Waals surface area contributed by atoms with Gasteiger partial charge >= 0.3 is 0 Å². The van der Waals surface area contributed by atoms with Crippen molar-refractivity contribution in [2.24, 2.45) is 0 Å². The Kier molecular flexibility index (Phi) is 5.39. The van der Waals surface area contributed by atoms with Crippen LogP contribution in [-0.4, -0.2) is 33.8 Å². The quantitative estimate of drug-likeness (QED) is 0.808. The first kappa shape index (κ1) is 15.6. The minimum absolute atomic E-state index is 0.459. The van der Waals surface area contributed by atoms with Crippen LogP contribution in [0.2, 0.25) is 0 Å². The molecule has 2 aromatic rings. The average molecular weight is 289 g/mol. The fourth-order valence-corrected chi connectivity index (χ4v) is 2.53. The topological polar surface area (TPSA) is 39.8 Å². The van der Waals surface area contributed by atoms with Crippen molar-refractivity contribution in [1.29, 1.82) is 0 Å². The average Bonchev–Trinajstić information content (AvgIpc) is 2.46. The van der Waals surface area contributed by atoms with Crippen LogP contribution in [0.3, 0.4) is 0 Å². The minimum Gasteiger partial charge on any atom is -0.497 e. The number of methoxy groups -OCH3 is 1. The van der Waals surface area contributed by atoms with Crippen LogP contribution in [-0.2, 0) is 0 Å². The number of benzene rings is 1. The van der Waals surface area contributed by atoms with E-state index in [0.717, 1.165) is 17.0 Å². The molecule has 0 aliphatic carbocycles. The molecule has 1 aromatic carbocycles. The van der Waals surface area contributed by atoms with E-state index >= 15 is 0 Å². The van der Waals surface area contributed by atoms with E-state index in [-0.39, 0.29) is 0 Å². The van der Waals surface area contributed by atoms with Crippen molar-refractivity contribution in [2.75, 3.05) is 33.1 Å². The maximum Gasteiger partial charge on any atom is 0.213 e. The van der Waals surface area contributed by atoms with Gasteiger partial charge in [0.25, 0.3) is 0 Å². The molecular formula is C17H27N3O+2. The van der Waals surface area contributed by atoms with E-state index in [1.54, 1.807) is 7.11 Å². The molecule has 0 fully saturated rings. The van der Waals surface area contributed by atoms with Crippen molar-refractivity contribution < 1.29 is 14.6 Å². The molecule has 0 radical (unpaired) electrons. The van der Waals surface area contributed by atoms with Gasteiger partial charge in [-0.05, 0) is 31.9 Å². The third-order valence-electron chi connectivity index (χ3n) is 3.72. The first-order chi connectivity index (χ1) is 10.1. The molecule has 1 aromatic heterocycles. The van der Waals surface area contributed by atoms with Gasteiger partial charge in [0.1, 0.15) is 5.75 Å². The predicted octanol–water partition coefficient (Wildman–Crippen LogP) is 1.39. The van der Waals surface area contributed by atoms with E-state index in [9.17, 15) is 0 Å². The number of aromatic amines is 1. The van der Waals surface area contributed by atoms with Crippen molar-refractivity contribution >= 4 is 16.6 Å². The van der Waals surface area contributed by atoms with Crippen LogP contribution in [0.5, 0.6) is 5.75 Å². The molecule has 1 atom stereocenters. The van der Waals surface area contributed by atoms with E-state index in [4.69, 9.17) is 4.74 Å². The highest BCUT2D eigenvalue weighted by molar-refractivity contribution is 5.90. The summed E-state index contributed by atoms with van der Waals surface area (Å²) in [5, 5.41) is 4.79. The zero-order valence-corrected chi connectivity index (χ0v) is 13.5. The summed E-state index contributed by atoms with van der Waals surface area (Å²) < 4.78 is 5.33. The van der Waals surface area contributed by atoms with Gasteiger partial charge in [-0.15, -0.1) is 0 Å². The SMILES string of the molecule is COc1ccc2[nH+]ccc(N[C@H](C)CCC[NH+](C)C)c2c1. The highest BCUT2D eigenvalue weighted by atomic mass is 16.5. The summed E-state index contributed by atoms with van der Waals surface area (Å²) in [5.74, 6) is 0.883. The number of quaternary nitrogens is 1. The second-order valence-corrected chi connectivity index (χ2v) is 5.95. The molecule has 0 spiro atoms. The van der Waals surface area contributed by atoms with Crippen LogP contribution < -0.4 is 19.9 Å². The maximum atomic E-state index is 5.33. The number of rotatable bonds is 7. The number of ether oxygens (including phenoxy) is 1. The Labute approximate surface area is 127 Å². The molecular weight excluding hydrogens is 262 g/mol. The molecule has 0 bridgehead atoms. The Balaban J connectivity index is 2.10. The summed E-state index contributed by atoms with van der Waals surface area (Å²) in [4.78, 5) is 4.78. The van der Waals surface area contributed by atoms with Gasteiger partial charge in [-0.2, -0.15) is 0 Å². The molecule has 1 heterocycles. The summed E-state index contributed by atoms with van der Waals surface area (Å²) in [6.45, 7) is 3.46. The monoisotopic (exact) mass is 289 g/mol. The third kappa shape index (κ3) is 4.33. The lowest BCUT2D eigenvalue weighted by atomic mass is 10.1. The number of hydrogen-bond donors (Lipinski definition) is 2. The third-order valence-corrected chi connectivity index (χ3v) is 3.72. The number of nitrogens with one attached hydrogen (secondary N) is 3. The van der Waals surface area contributed by atoms with Crippen molar-refractivity contribution in [2.45, 2.75) is 25.8 Å². The maximum absolute atomic E-state index is 5.33. The van der Waals surface area contributed by atoms with Crippen LogP contribution in [0.1, 0.15) is 19.8 Å². The van der Waals surface area contributed by atoms with Crippen LogP contribution in [0.15, 0.2) is 30.5 Å². The molecule has 4 nitrogen and oxygen atoms in total. The predicted molar refractivity (Wildman–Crippen MR) is 87.1 cm³/mol. The molecule has 4 heteroatoms. The van der Waals surface area contributed by atoms with Gasteiger partial charge < -0.3 is 15.0 Å². The molecule has 0 saturated carbocycles. The second-order valence-electron chi connectivity index (χ2n) is 5.95. The zero-order chi connectivity index (χ0) is 15.2. The van der Waals surface area contributed by atoms with Gasteiger partial charge in [-0.3, -0.25) is 0 Å². The molecule has 114 valence electrons. The number of hydrogen-bond acceptors (Lipinski definition) is 2. The van der Waals surface area contributed by atoms with Gasteiger partial charge in [0, 0.05) is 18.2 Å². The first-order valence-corrected chi connectivity index (χ1v) is 7.64. The Morgan fingerprint density at radius 3 is 2.81 bits per heavy atom.